The molecule has 0 aliphatic carbocycles. The highest BCUT2D eigenvalue weighted by Crippen LogP contribution is 2.24. The number of hydrogen-bond acceptors (Lipinski definition) is 4. The number of amides is 1. The molecule has 0 spiro atoms. The number of hydrogen-bond donors (Lipinski definition) is 1. The predicted octanol–water partition coefficient (Wildman–Crippen LogP) is 2.47. The molecule has 0 unspecified atom stereocenters. The first-order valence-electron chi connectivity index (χ1n) is 9.66. The average molecular weight is 356 g/mol. The first kappa shape index (κ1) is 17.5. The van der Waals surface area contributed by atoms with Crippen LogP contribution in [0.15, 0.2) is 18.2 Å². The Bertz CT molecular complexity index is 781. The van der Waals surface area contributed by atoms with Gasteiger partial charge in [0.05, 0.1) is 11.0 Å². The predicted molar refractivity (Wildman–Crippen MR) is 101 cm³/mol. The van der Waals surface area contributed by atoms with Gasteiger partial charge in [0.15, 0.2) is 0 Å². The fraction of sp³-hybridized carbons (Fsp3) is 0.600. The van der Waals surface area contributed by atoms with E-state index in [9.17, 15) is 4.79 Å². The molecule has 140 valence electrons. The molecule has 1 aromatic heterocycles. The lowest BCUT2D eigenvalue weighted by atomic mass is 9.97. The molecule has 0 radical (unpaired) electrons. The zero-order valence-corrected chi connectivity index (χ0v) is 15.7. The third kappa shape index (κ3) is 3.62. The van der Waals surface area contributed by atoms with Crippen molar-refractivity contribution in [1.82, 2.24) is 19.8 Å². The molecule has 2 saturated heterocycles. The van der Waals surface area contributed by atoms with E-state index in [4.69, 9.17) is 4.74 Å². The van der Waals surface area contributed by atoms with Crippen molar-refractivity contribution in [3.63, 3.8) is 0 Å². The van der Waals surface area contributed by atoms with Gasteiger partial charge in [-0.05, 0) is 50.9 Å². The number of imidazole rings is 1. The van der Waals surface area contributed by atoms with Crippen LogP contribution in [0.3, 0.4) is 0 Å². The zero-order valence-electron chi connectivity index (χ0n) is 15.7. The summed E-state index contributed by atoms with van der Waals surface area (Å²) in [6.45, 7) is 7.68. The zero-order chi connectivity index (χ0) is 18.1. The molecule has 1 N–H and O–H groups in total. The number of carbonyl (C=O) groups is 1. The van der Waals surface area contributed by atoms with Crippen molar-refractivity contribution in [1.29, 1.82) is 0 Å². The molecule has 1 aromatic carbocycles. The monoisotopic (exact) mass is 356 g/mol. The minimum Gasteiger partial charge on any atom is -0.364 e. The number of aromatic amines is 1. The van der Waals surface area contributed by atoms with Crippen molar-refractivity contribution < 1.29 is 9.53 Å². The van der Waals surface area contributed by atoms with Crippen LogP contribution < -0.4 is 0 Å². The largest absolute Gasteiger partial charge is 0.364 e. The van der Waals surface area contributed by atoms with Crippen LogP contribution in [-0.2, 0) is 16.1 Å². The van der Waals surface area contributed by atoms with Gasteiger partial charge in [0.1, 0.15) is 19.0 Å². The van der Waals surface area contributed by atoms with Gasteiger partial charge >= 0.3 is 0 Å². The standard InChI is InChI=1S/C20H28N4O2/c1-14-6-7-17-18(9-14)22-19(21-17)12-26-13-20(25)23-10-16(11-23)24-8-4-3-5-15(24)2/h6-7,9,15-16H,3-5,8,10-13H2,1-2H3,(H,21,22)/t15-/m0/s1. The van der Waals surface area contributed by atoms with E-state index in [-0.39, 0.29) is 12.5 Å². The molecule has 2 aliphatic rings. The van der Waals surface area contributed by atoms with Crippen LogP contribution in [-0.4, -0.2) is 64.0 Å². The Hall–Kier alpha value is -1.92. The topological polar surface area (TPSA) is 61.5 Å². The summed E-state index contributed by atoms with van der Waals surface area (Å²) in [6, 6.07) is 7.30. The minimum atomic E-state index is 0.0814. The van der Waals surface area contributed by atoms with E-state index in [1.165, 1.54) is 31.4 Å². The summed E-state index contributed by atoms with van der Waals surface area (Å²) in [5, 5.41) is 0. The number of fused-ring (bicyclic) bond motifs is 1. The van der Waals surface area contributed by atoms with Gasteiger partial charge in [0.25, 0.3) is 0 Å². The maximum absolute atomic E-state index is 12.3. The lowest BCUT2D eigenvalue weighted by Gasteiger charge is -2.49. The fourth-order valence-corrected chi connectivity index (χ4v) is 4.10. The first-order chi connectivity index (χ1) is 12.6. The van der Waals surface area contributed by atoms with Crippen LogP contribution in [0.4, 0.5) is 0 Å². The number of aryl methyl sites for hydroxylation is 1. The minimum absolute atomic E-state index is 0.0814. The van der Waals surface area contributed by atoms with E-state index < -0.39 is 0 Å². The molecule has 1 atom stereocenters. The second-order valence-corrected chi connectivity index (χ2v) is 7.73. The van der Waals surface area contributed by atoms with Crippen molar-refractivity contribution in [2.24, 2.45) is 0 Å². The molecular formula is C20H28N4O2. The Labute approximate surface area is 154 Å². The van der Waals surface area contributed by atoms with Crippen molar-refractivity contribution in [3.8, 4) is 0 Å². The summed E-state index contributed by atoms with van der Waals surface area (Å²) in [6.07, 6.45) is 3.90. The average Bonchev–Trinajstić information content (AvgIpc) is 2.97. The smallest absolute Gasteiger partial charge is 0.248 e. The quantitative estimate of drug-likeness (QED) is 0.894. The van der Waals surface area contributed by atoms with Crippen molar-refractivity contribution in [3.05, 3.63) is 29.6 Å². The van der Waals surface area contributed by atoms with E-state index in [2.05, 4.69) is 34.8 Å². The maximum atomic E-state index is 12.3. The molecule has 0 saturated carbocycles. The Kier molecular flexibility index (Phi) is 4.96. The second-order valence-electron chi connectivity index (χ2n) is 7.73. The summed E-state index contributed by atoms with van der Waals surface area (Å²) < 4.78 is 5.60. The summed E-state index contributed by atoms with van der Waals surface area (Å²) in [7, 11) is 0. The van der Waals surface area contributed by atoms with E-state index in [0.717, 1.165) is 29.9 Å². The van der Waals surface area contributed by atoms with Crippen molar-refractivity contribution >= 4 is 16.9 Å². The van der Waals surface area contributed by atoms with E-state index in [1.54, 1.807) is 0 Å². The molecule has 1 amide bonds. The lowest BCUT2D eigenvalue weighted by molar-refractivity contribution is -0.145. The van der Waals surface area contributed by atoms with Crippen LogP contribution in [0.25, 0.3) is 11.0 Å². The molecule has 3 heterocycles. The summed E-state index contributed by atoms with van der Waals surface area (Å²) >= 11 is 0. The number of nitrogens with one attached hydrogen (secondary N) is 1. The van der Waals surface area contributed by atoms with E-state index in [0.29, 0.717) is 18.7 Å². The lowest BCUT2D eigenvalue weighted by Crippen LogP contribution is -2.64. The number of H-pyrrole nitrogens is 1. The molecule has 4 rings (SSSR count). The molecule has 0 bridgehead atoms. The number of carbonyl (C=O) groups excluding carboxylic acids is 1. The van der Waals surface area contributed by atoms with E-state index >= 15 is 0 Å². The summed E-state index contributed by atoms with van der Waals surface area (Å²) in [5.74, 6) is 0.847. The van der Waals surface area contributed by atoms with Crippen LogP contribution in [0, 0.1) is 6.92 Å². The van der Waals surface area contributed by atoms with Crippen molar-refractivity contribution in [2.75, 3.05) is 26.2 Å². The number of benzene rings is 1. The number of aromatic nitrogens is 2. The SMILES string of the molecule is Cc1ccc2nc(COCC(=O)N3CC(N4CCCC[C@@H]4C)C3)[nH]c2c1. The Morgan fingerprint density at radius 2 is 2.19 bits per heavy atom. The van der Waals surface area contributed by atoms with Crippen LogP contribution in [0.1, 0.15) is 37.6 Å². The van der Waals surface area contributed by atoms with Crippen LogP contribution >= 0.6 is 0 Å². The molecule has 6 heteroatoms. The van der Waals surface area contributed by atoms with Crippen LogP contribution in [0.2, 0.25) is 0 Å². The van der Waals surface area contributed by atoms with Gasteiger partial charge in [-0.2, -0.15) is 0 Å². The molecule has 26 heavy (non-hydrogen) atoms. The highest BCUT2D eigenvalue weighted by Gasteiger charge is 2.37. The Morgan fingerprint density at radius 1 is 1.35 bits per heavy atom. The highest BCUT2D eigenvalue weighted by molar-refractivity contribution is 5.78. The van der Waals surface area contributed by atoms with Gasteiger partial charge in [-0.1, -0.05) is 12.5 Å². The van der Waals surface area contributed by atoms with Gasteiger partial charge < -0.3 is 14.6 Å². The van der Waals surface area contributed by atoms with Gasteiger partial charge in [0, 0.05) is 25.2 Å². The third-order valence-electron chi connectivity index (χ3n) is 5.69. The Balaban J connectivity index is 1.22. The van der Waals surface area contributed by atoms with E-state index in [1.807, 2.05) is 17.0 Å². The summed E-state index contributed by atoms with van der Waals surface area (Å²) in [5.41, 5.74) is 3.14. The number of piperidine rings is 1. The second kappa shape index (κ2) is 7.37. The normalized spacial score (nSPS) is 21.9. The maximum Gasteiger partial charge on any atom is 0.248 e. The fourth-order valence-electron chi connectivity index (χ4n) is 4.10. The molecule has 2 aromatic rings. The molecule has 2 fully saturated rings. The van der Waals surface area contributed by atoms with Gasteiger partial charge in [-0.25, -0.2) is 4.98 Å². The van der Waals surface area contributed by atoms with Gasteiger partial charge in [-0.3, -0.25) is 9.69 Å². The molecule has 2 aliphatic heterocycles. The Morgan fingerprint density at radius 3 is 3.00 bits per heavy atom. The van der Waals surface area contributed by atoms with Crippen molar-refractivity contribution in [2.45, 2.75) is 51.8 Å². The van der Waals surface area contributed by atoms with Gasteiger partial charge in [0.2, 0.25) is 5.91 Å². The molecule has 6 nitrogen and oxygen atoms in total. The first-order valence-corrected chi connectivity index (χ1v) is 9.66. The number of rotatable bonds is 5. The number of ether oxygens (including phenoxy) is 1. The van der Waals surface area contributed by atoms with Crippen LogP contribution in [0.5, 0.6) is 0 Å². The number of nitrogens with zero attached hydrogens (tertiary/aromatic N) is 3. The molecular weight excluding hydrogens is 328 g/mol. The summed E-state index contributed by atoms with van der Waals surface area (Å²) in [4.78, 5) is 24.5. The number of likely N-dealkylation sites (tertiary alicyclic amines) is 2. The highest BCUT2D eigenvalue weighted by atomic mass is 16.5. The van der Waals surface area contributed by atoms with Gasteiger partial charge in [-0.15, -0.1) is 0 Å². The third-order valence-corrected chi connectivity index (χ3v) is 5.69.